The highest BCUT2D eigenvalue weighted by Crippen LogP contribution is 2.52. The fourth-order valence-electron chi connectivity index (χ4n) is 4.30. The van der Waals surface area contributed by atoms with E-state index in [1.807, 2.05) is 24.3 Å². The maximum Gasteiger partial charge on any atom is 0.248 e. The molecule has 2 aromatic rings. The monoisotopic (exact) mass is 403 g/mol. The van der Waals surface area contributed by atoms with Gasteiger partial charge in [-0.15, -0.1) is 0 Å². The molecule has 2 aliphatic rings. The van der Waals surface area contributed by atoms with E-state index in [4.69, 9.17) is 20.9 Å². The van der Waals surface area contributed by atoms with Gasteiger partial charge in [0.05, 0.1) is 6.10 Å². The molecule has 4 rings (SSSR count). The quantitative estimate of drug-likeness (QED) is 0.588. The molecule has 3 atom stereocenters. The number of nitrogens with one attached hydrogen (secondary N) is 2. The van der Waals surface area contributed by atoms with Crippen molar-refractivity contribution in [2.75, 3.05) is 13.2 Å². The molecule has 0 bridgehead atoms. The summed E-state index contributed by atoms with van der Waals surface area (Å²) >= 11 is 6.03. The van der Waals surface area contributed by atoms with Crippen LogP contribution in [-0.4, -0.2) is 41.4 Å². The fraction of sp³-hybridized carbons (Fsp3) is 0.550. The smallest absolute Gasteiger partial charge is 0.248 e. The van der Waals surface area contributed by atoms with Crippen LogP contribution in [0.4, 0.5) is 0 Å². The molecule has 1 aliphatic carbocycles. The summed E-state index contributed by atoms with van der Waals surface area (Å²) in [4.78, 5) is 9.07. The van der Waals surface area contributed by atoms with Gasteiger partial charge >= 0.3 is 0 Å². The Bertz CT molecular complexity index is 866. The fourth-order valence-corrected chi connectivity index (χ4v) is 4.49. The summed E-state index contributed by atoms with van der Waals surface area (Å²) in [5.41, 5.74) is 0.904. The van der Waals surface area contributed by atoms with E-state index in [-0.39, 0.29) is 5.41 Å². The Morgan fingerprint density at radius 3 is 3.04 bits per heavy atom. The predicted molar refractivity (Wildman–Crippen MR) is 108 cm³/mol. The average molecular weight is 404 g/mol. The number of rotatable bonds is 5. The summed E-state index contributed by atoms with van der Waals surface area (Å²) in [6.07, 6.45) is 1.43. The Hall–Kier alpha value is -2.12. The third-order valence-electron chi connectivity index (χ3n) is 5.66. The summed E-state index contributed by atoms with van der Waals surface area (Å²) in [5, 5.41) is 11.6. The van der Waals surface area contributed by atoms with Gasteiger partial charge in [0, 0.05) is 41.1 Å². The molecule has 2 fully saturated rings. The van der Waals surface area contributed by atoms with Crippen LogP contribution in [0.3, 0.4) is 0 Å². The van der Waals surface area contributed by atoms with Gasteiger partial charge in [-0.2, -0.15) is 4.98 Å². The van der Waals surface area contributed by atoms with Gasteiger partial charge < -0.3 is 19.9 Å². The predicted octanol–water partition coefficient (Wildman–Crippen LogP) is 3.26. The van der Waals surface area contributed by atoms with Crippen LogP contribution < -0.4 is 10.6 Å². The van der Waals surface area contributed by atoms with Crippen LogP contribution in [0.1, 0.15) is 33.1 Å². The van der Waals surface area contributed by atoms with Crippen molar-refractivity contribution in [1.82, 2.24) is 20.8 Å². The Balaban J connectivity index is 1.44. The molecule has 3 unspecified atom stereocenters. The first-order valence-corrected chi connectivity index (χ1v) is 10.1. The summed E-state index contributed by atoms with van der Waals surface area (Å²) in [7, 11) is 0. The molecule has 150 valence electrons. The SMILES string of the molecule is CCNC(=NCc1nc(-c2cccc(Cl)c2)no1)NC1C2CCOC2C1(C)C. The minimum atomic E-state index is 0.0849. The molecule has 8 heteroatoms. The average Bonchev–Trinajstić information content (AvgIpc) is 3.32. The largest absolute Gasteiger partial charge is 0.377 e. The van der Waals surface area contributed by atoms with Crippen LogP contribution in [-0.2, 0) is 11.3 Å². The number of aromatic nitrogens is 2. The van der Waals surface area contributed by atoms with Gasteiger partial charge in [-0.1, -0.05) is 42.7 Å². The lowest BCUT2D eigenvalue weighted by Crippen LogP contribution is -2.67. The lowest BCUT2D eigenvalue weighted by atomic mass is 9.57. The Morgan fingerprint density at radius 1 is 1.39 bits per heavy atom. The van der Waals surface area contributed by atoms with E-state index >= 15 is 0 Å². The molecule has 1 saturated carbocycles. The zero-order chi connectivity index (χ0) is 19.7. The standard InChI is InChI=1S/C20H26ClN5O2/c1-4-22-19(25-16-14-8-9-27-17(14)20(16,2)3)23-11-15-24-18(26-28-15)12-6-5-7-13(21)10-12/h5-7,10,14,16-17H,4,8-9,11H2,1-3H3,(H2,22,23,25). The minimum Gasteiger partial charge on any atom is -0.377 e. The number of fused-ring (bicyclic) bond motifs is 1. The number of hydrogen-bond acceptors (Lipinski definition) is 5. The second-order valence-corrected chi connectivity index (χ2v) is 8.34. The van der Waals surface area contributed by atoms with E-state index in [0.29, 0.717) is 41.3 Å². The number of halogens is 1. The first-order valence-electron chi connectivity index (χ1n) is 9.74. The number of guanidine groups is 1. The normalized spacial score (nSPS) is 25.9. The van der Waals surface area contributed by atoms with Crippen molar-refractivity contribution < 1.29 is 9.26 Å². The van der Waals surface area contributed by atoms with Crippen molar-refractivity contribution in [3.05, 3.63) is 35.2 Å². The van der Waals surface area contributed by atoms with Crippen LogP contribution in [0.2, 0.25) is 5.02 Å². The lowest BCUT2D eigenvalue weighted by molar-refractivity contribution is -0.106. The summed E-state index contributed by atoms with van der Waals surface area (Å²) < 4.78 is 11.2. The molecule has 7 nitrogen and oxygen atoms in total. The second kappa shape index (κ2) is 7.72. The third-order valence-corrected chi connectivity index (χ3v) is 5.90. The molecular formula is C20H26ClN5O2. The van der Waals surface area contributed by atoms with E-state index < -0.39 is 0 Å². The molecule has 0 radical (unpaired) electrons. The van der Waals surface area contributed by atoms with Crippen LogP contribution in [0, 0.1) is 11.3 Å². The lowest BCUT2D eigenvalue weighted by Gasteiger charge is -2.54. The van der Waals surface area contributed by atoms with Gasteiger partial charge in [0.15, 0.2) is 5.96 Å². The summed E-state index contributed by atoms with van der Waals surface area (Å²) in [6.45, 7) is 8.47. The van der Waals surface area contributed by atoms with Crippen LogP contribution in [0.15, 0.2) is 33.8 Å². The van der Waals surface area contributed by atoms with E-state index in [9.17, 15) is 0 Å². The zero-order valence-electron chi connectivity index (χ0n) is 16.4. The zero-order valence-corrected chi connectivity index (χ0v) is 17.2. The molecule has 1 aromatic carbocycles. The van der Waals surface area contributed by atoms with E-state index in [1.54, 1.807) is 0 Å². The Labute approximate surface area is 169 Å². The summed E-state index contributed by atoms with van der Waals surface area (Å²) in [6, 6.07) is 7.71. The molecule has 1 saturated heterocycles. The molecule has 28 heavy (non-hydrogen) atoms. The highest BCUT2D eigenvalue weighted by atomic mass is 35.5. The van der Waals surface area contributed by atoms with Crippen molar-refractivity contribution in [2.45, 2.75) is 45.9 Å². The maximum atomic E-state index is 6.03. The van der Waals surface area contributed by atoms with Crippen molar-refractivity contribution in [2.24, 2.45) is 16.3 Å². The molecule has 1 aromatic heterocycles. The van der Waals surface area contributed by atoms with Gasteiger partial charge in [0.25, 0.3) is 0 Å². The first kappa shape index (κ1) is 19.2. The van der Waals surface area contributed by atoms with E-state index in [2.05, 4.69) is 46.5 Å². The van der Waals surface area contributed by atoms with Crippen molar-refractivity contribution in [1.29, 1.82) is 0 Å². The molecule has 0 amide bonds. The van der Waals surface area contributed by atoms with Gasteiger partial charge in [-0.25, -0.2) is 4.99 Å². The van der Waals surface area contributed by atoms with Crippen molar-refractivity contribution >= 4 is 17.6 Å². The van der Waals surface area contributed by atoms with Crippen molar-refractivity contribution in [3.63, 3.8) is 0 Å². The van der Waals surface area contributed by atoms with Gasteiger partial charge in [-0.05, 0) is 25.5 Å². The molecular weight excluding hydrogens is 378 g/mol. The highest BCUT2D eigenvalue weighted by Gasteiger charge is 2.59. The number of benzene rings is 1. The van der Waals surface area contributed by atoms with Crippen LogP contribution in [0.5, 0.6) is 0 Å². The summed E-state index contributed by atoms with van der Waals surface area (Å²) in [5.74, 6) is 2.27. The van der Waals surface area contributed by atoms with Crippen molar-refractivity contribution in [3.8, 4) is 11.4 Å². The molecule has 2 heterocycles. The number of nitrogens with zero attached hydrogens (tertiary/aromatic N) is 3. The van der Waals surface area contributed by atoms with E-state index in [0.717, 1.165) is 31.1 Å². The second-order valence-electron chi connectivity index (χ2n) is 7.90. The van der Waals surface area contributed by atoms with Gasteiger partial charge in [-0.3, -0.25) is 0 Å². The first-order chi connectivity index (χ1) is 13.5. The minimum absolute atomic E-state index is 0.0849. The topological polar surface area (TPSA) is 84.6 Å². The maximum absolute atomic E-state index is 6.03. The van der Waals surface area contributed by atoms with E-state index in [1.165, 1.54) is 0 Å². The van der Waals surface area contributed by atoms with Gasteiger partial charge in [0.2, 0.25) is 11.7 Å². The molecule has 0 spiro atoms. The Kier molecular flexibility index (Phi) is 5.29. The van der Waals surface area contributed by atoms with Crippen LogP contribution in [0.25, 0.3) is 11.4 Å². The number of aliphatic imine (C=N–C) groups is 1. The van der Waals surface area contributed by atoms with Crippen LogP contribution >= 0.6 is 11.6 Å². The number of ether oxygens (including phenoxy) is 1. The number of hydrogen-bond donors (Lipinski definition) is 2. The molecule has 1 aliphatic heterocycles. The Morgan fingerprint density at radius 2 is 2.25 bits per heavy atom. The third kappa shape index (κ3) is 3.61. The van der Waals surface area contributed by atoms with Gasteiger partial charge in [0.1, 0.15) is 6.54 Å². The highest BCUT2D eigenvalue weighted by molar-refractivity contribution is 6.30. The molecule has 2 N–H and O–H groups in total.